The van der Waals surface area contributed by atoms with Gasteiger partial charge in [0.1, 0.15) is 23.9 Å². The van der Waals surface area contributed by atoms with Gasteiger partial charge in [0.05, 0.1) is 33.0 Å². The zero-order valence-corrected chi connectivity index (χ0v) is 27.6. The Hall–Kier alpha value is -3.59. The van der Waals surface area contributed by atoms with Crippen LogP contribution >= 0.6 is 0 Å². The Balaban J connectivity index is 0.00000368. The molecule has 1 aliphatic heterocycles. The van der Waals surface area contributed by atoms with E-state index in [0.29, 0.717) is 58.5 Å². The van der Waals surface area contributed by atoms with E-state index in [1.807, 2.05) is 66.7 Å². The van der Waals surface area contributed by atoms with Crippen LogP contribution in [-0.4, -0.2) is 45.3 Å². The van der Waals surface area contributed by atoms with E-state index in [0.717, 1.165) is 16.7 Å². The van der Waals surface area contributed by atoms with E-state index >= 15 is 0 Å². The van der Waals surface area contributed by atoms with E-state index in [2.05, 4.69) is 0 Å². The second kappa shape index (κ2) is 13.8. The molecule has 0 amide bonds. The molecular weight excluding hydrogens is 677 g/mol. The zero-order chi connectivity index (χ0) is 29.1. The minimum absolute atomic E-state index is 0. The quantitative estimate of drug-likeness (QED) is 0.162. The van der Waals surface area contributed by atoms with Crippen LogP contribution in [0, 0.1) is 41.3 Å². The van der Waals surface area contributed by atoms with Gasteiger partial charge in [0, 0.05) is 64.4 Å². The molecule has 8 nitrogen and oxygen atoms in total. The van der Waals surface area contributed by atoms with Crippen LogP contribution in [0.25, 0.3) is 5.57 Å². The first-order valence-corrected chi connectivity index (χ1v) is 13.6. The summed E-state index contributed by atoms with van der Waals surface area (Å²) < 4.78 is 34.0. The maximum atomic E-state index is 13.6. The molecule has 0 bridgehead atoms. The molecule has 6 rings (SSSR count). The van der Waals surface area contributed by atoms with Gasteiger partial charge < -0.3 is 33.5 Å². The van der Waals surface area contributed by atoms with Gasteiger partial charge in [-0.1, -0.05) is 42.5 Å². The summed E-state index contributed by atoms with van der Waals surface area (Å²) in [4.78, 5) is 13.6. The number of hydrogen-bond donors (Lipinski definition) is 1. The Morgan fingerprint density at radius 1 is 0.884 bits per heavy atom. The van der Waals surface area contributed by atoms with Gasteiger partial charge in [0.2, 0.25) is 6.79 Å². The molecule has 0 unspecified atom stereocenters. The molecule has 9 heteroatoms. The third-order valence-corrected chi connectivity index (χ3v) is 7.37. The number of phenols is 1. The van der Waals surface area contributed by atoms with E-state index in [9.17, 15) is 9.90 Å². The molecule has 1 heterocycles. The molecule has 1 N–H and O–H groups in total. The van der Waals surface area contributed by atoms with Crippen molar-refractivity contribution in [2.75, 3.05) is 34.2 Å². The first-order chi connectivity index (χ1) is 20.6. The third-order valence-electron chi connectivity index (χ3n) is 7.37. The number of fused-ring (bicyclic) bond motifs is 2. The van der Waals surface area contributed by atoms with Crippen molar-refractivity contribution in [2.45, 2.75) is 12.5 Å². The molecule has 2 aliphatic rings. The summed E-state index contributed by atoms with van der Waals surface area (Å²) >= 11 is 0. The van der Waals surface area contributed by atoms with Gasteiger partial charge in [-0.25, -0.2) is 4.79 Å². The number of benzene rings is 4. The predicted octanol–water partition coefficient (Wildman–Crippen LogP) is 5.85. The number of carbonyl (C=O) groups excluding carboxylic acids is 1. The molecule has 43 heavy (non-hydrogen) atoms. The molecule has 0 aromatic heterocycles. The van der Waals surface area contributed by atoms with Crippen molar-refractivity contribution in [3.05, 3.63) is 118 Å². The molecule has 0 saturated carbocycles. The number of methoxy groups -OCH3 is 2. The van der Waals surface area contributed by atoms with Gasteiger partial charge in [0.15, 0.2) is 11.5 Å². The number of hydrogen-bond acceptors (Lipinski definition) is 8. The van der Waals surface area contributed by atoms with E-state index in [4.69, 9.17) is 28.4 Å². The summed E-state index contributed by atoms with van der Waals surface area (Å²) in [6, 6.07) is 26.1. The van der Waals surface area contributed by atoms with Gasteiger partial charge in [-0.2, -0.15) is 0 Å². The largest absolute Gasteiger partial charge is 0.508 e. The van der Waals surface area contributed by atoms with Crippen molar-refractivity contribution >= 4 is 11.5 Å². The minimum atomic E-state index is -0.490. The van der Waals surface area contributed by atoms with Crippen LogP contribution < -0.4 is 18.9 Å². The van der Waals surface area contributed by atoms with Crippen LogP contribution in [0.2, 0.25) is 0 Å². The standard InChI is InChI=1S/C34H30O8.Pr/c1-37-24-10-12-26(29(18-24)40-15-14-39-19-21-6-4-3-5-7-21)32-27-17-23(35)9-11-25(27)31(33(32)34(36)38-2)22-8-13-28-30(16-22)42-20-41-28;/h3-13,16-18,31,35H,14-15,19-20H2,1-2H3;/t31-;/m0./s1. The van der Waals surface area contributed by atoms with E-state index in [1.165, 1.54) is 7.11 Å². The molecule has 0 fully saturated rings. The van der Waals surface area contributed by atoms with Crippen molar-refractivity contribution in [3.8, 4) is 28.7 Å². The summed E-state index contributed by atoms with van der Waals surface area (Å²) in [6.45, 7) is 1.23. The SMILES string of the molecule is COC(=O)C1=C(c2ccc(OC)cc2OCCOCc2ccccc2)c2cc(O)ccc2[C@@H]1c1ccc2c(c1)OCO2.[Pr]. The summed E-state index contributed by atoms with van der Waals surface area (Å²) in [6.07, 6.45) is 0. The molecule has 1 atom stereocenters. The van der Waals surface area contributed by atoms with Crippen LogP contribution in [0.15, 0.2) is 90.5 Å². The molecular formula is C34H30O8Pr. The van der Waals surface area contributed by atoms with Crippen molar-refractivity contribution in [3.63, 3.8) is 0 Å². The fourth-order valence-corrected chi connectivity index (χ4v) is 5.45. The Morgan fingerprint density at radius 3 is 2.49 bits per heavy atom. The first-order valence-electron chi connectivity index (χ1n) is 13.6. The minimum Gasteiger partial charge on any atom is -0.508 e. The summed E-state index contributed by atoms with van der Waals surface area (Å²) in [7, 11) is 2.94. The van der Waals surface area contributed by atoms with Crippen molar-refractivity contribution < 1.29 is 79.6 Å². The van der Waals surface area contributed by atoms with Crippen molar-refractivity contribution in [1.29, 1.82) is 0 Å². The summed E-state index contributed by atoms with van der Waals surface area (Å²) in [5.41, 5.74) is 5.14. The second-order valence-electron chi connectivity index (χ2n) is 9.85. The van der Waals surface area contributed by atoms with Gasteiger partial charge >= 0.3 is 5.97 Å². The second-order valence-corrected chi connectivity index (χ2v) is 9.85. The van der Waals surface area contributed by atoms with Crippen LogP contribution in [0.5, 0.6) is 28.7 Å². The average molecular weight is 708 g/mol. The molecule has 217 valence electrons. The number of rotatable bonds is 10. The Kier molecular flexibility index (Phi) is 9.91. The number of carbonyl (C=O) groups is 1. The molecule has 4 aromatic rings. The molecule has 1 radical (unpaired) electrons. The Labute approximate surface area is 283 Å². The monoisotopic (exact) mass is 707 g/mol. The molecule has 1 aliphatic carbocycles. The fraction of sp³-hybridized carbons (Fsp3) is 0.206. The third kappa shape index (κ3) is 6.37. The van der Waals surface area contributed by atoms with Gasteiger partial charge in [-0.15, -0.1) is 0 Å². The van der Waals surface area contributed by atoms with Crippen LogP contribution in [0.1, 0.15) is 33.7 Å². The van der Waals surface area contributed by atoms with E-state index in [-0.39, 0.29) is 60.4 Å². The molecule has 0 spiro atoms. The number of phenolic OH excluding ortho intramolecular Hbond substituents is 1. The summed E-state index contributed by atoms with van der Waals surface area (Å²) in [5.74, 6) is 1.46. The molecule has 4 aromatic carbocycles. The summed E-state index contributed by atoms with van der Waals surface area (Å²) in [5, 5.41) is 10.5. The van der Waals surface area contributed by atoms with Gasteiger partial charge in [-0.05, 0) is 58.7 Å². The van der Waals surface area contributed by atoms with E-state index < -0.39 is 11.9 Å². The van der Waals surface area contributed by atoms with Crippen molar-refractivity contribution in [1.82, 2.24) is 0 Å². The topological polar surface area (TPSA) is 92.7 Å². The van der Waals surface area contributed by atoms with Gasteiger partial charge in [0.25, 0.3) is 0 Å². The number of aromatic hydroxyl groups is 1. The van der Waals surface area contributed by atoms with Gasteiger partial charge in [-0.3, -0.25) is 0 Å². The Morgan fingerprint density at radius 2 is 1.70 bits per heavy atom. The first kappa shape index (κ1) is 30.9. The Bertz CT molecular complexity index is 1650. The maximum Gasteiger partial charge on any atom is 0.335 e. The van der Waals surface area contributed by atoms with Crippen LogP contribution in [0.3, 0.4) is 0 Å². The smallest absolute Gasteiger partial charge is 0.335 e. The van der Waals surface area contributed by atoms with Crippen LogP contribution in [-0.2, 0) is 20.9 Å². The van der Waals surface area contributed by atoms with Crippen molar-refractivity contribution in [2.24, 2.45) is 0 Å². The number of esters is 1. The maximum absolute atomic E-state index is 13.6. The normalized spacial score (nSPS) is 14.6. The average Bonchev–Trinajstić information content (AvgIpc) is 3.62. The number of ether oxygens (including phenoxy) is 6. The zero-order valence-electron chi connectivity index (χ0n) is 23.9. The van der Waals surface area contributed by atoms with Crippen LogP contribution in [0.4, 0.5) is 0 Å². The molecule has 0 saturated heterocycles. The predicted molar refractivity (Wildman–Crippen MR) is 155 cm³/mol. The fourth-order valence-electron chi connectivity index (χ4n) is 5.45. The van der Waals surface area contributed by atoms with E-state index in [1.54, 1.807) is 25.3 Å².